The fourth-order valence-electron chi connectivity index (χ4n) is 3.63. The molecule has 116 valence electrons. The van der Waals surface area contributed by atoms with Crippen molar-refractivity contribution in [3.05, 3.63) is 24.0 Å². The van der Waals surface area contributed by atoms with Crippen LogP contribution in [0.4, 0.5) is 5.69 Å². The second-order valence-electron chi connectivity index (χ2n) is 6.42. The summed E-state index contributed by atoms with van der Waals surface area (Å²) in [4.78, 5) is 9.69. The molecule has 0 amide bonds. The molecule has 4 nitrogen and oxygen atoms in total. The number of aromatic nitrogens is 1. The van der Waals surface area contributed by atoms with Gasteiger partial charge in [0, 0.05) is 38.3 Å². The van der Waals surface area contributed by atoms with Gasteiger partial charge in [-0.25, -0.2) is 0 Å². The zero-order chi connectivity index (χ0) is 14.7. The van der Waals surface area contributed by atoms with E-state index in [1.165, 1.54) is 44.5 Å². The van der Waals surface area contributed by atoms with Gasteiger partial charge in [0.15, 0.2) is 0 Å². The first kappa shape index (κ1) is 14.8. The molecule has 1 saturated heterocycles. The molecule has 0 aromatic carbocycles. The Labute approximate surface area is 128 Å². The zero-order valence-electron chi connectivity index (χ0n) is 13.2. The number of nitrogens with two attached hydrogens (primary N) is 1. The highest BCUT2D eigenvalue weighted by Gasteiger charge is 2.26. The molecule has 0 bridgehead atoms. The molecule has 0 radical (unpaired) electrons. The third kappa shape index (κ3) is 3.38. The van der Waals surface area contributed by atoms with Gasteiger partial charge in [0.25, 0.3) is 0 Å². The average molecular weight is 288 g/mol. The highest BCUT2D eigenvalue weighted by atomic mass is 15.3. The normalized spacial score (nSPS) is 22.7. The Balaban J connectivity index is 1.56. The number of piperazine rings is 1. The second-order valence-corrected chi connectivity index (χ2v) is 6.42. The summed E-state index contributed by atoms with van der Waals surface area (Å²) < 4.78 is 0. The maximum absolute atomic E-state index is 6.03. The summed E-state index contributed by atoms with van der Waals surface area (Å²) in [5, 5.41) is 0. The summed E-state index contributed by atoms with van der Waals surface area (Å²) in [6.07, 6.45) is 8.60. The van der Waals surface area contributed by atoms with E-state index < -0.39 is 0 Å². The van der Waals surface area contributed by atoms with Crippen LogP contribution >= 0.6 is 0 Å². The summed E-state index contributed by atoms with van der Waals surface area (Å²) >= 11 is 0. The van der Waals surface area contributed by atoms with Gasteiger partial charge in [-0.3, -0.25) is 9.88 Å². The Morgan fingerprint density at radius 2 is 1.90 bits per heavy atom. The minimum atomic E-state index is 0.0678. The summed E-state index contributed by atoms with van der Waals surface area (Å²) in [5.41, 5.74) is 8.28. The third-order valence-electron chi connectivity index (χ3n) is 5.11. The molecule has 1 aliphatic carbocycles. The molecule has 1 atom stereocenters. The van der Waals surface area contributed by atoms with Gasteiger partial charge in [-0.1, -0.05) is 19.8 Å². The number of pyridine rings is 1. The lowest BCUT2D eigenvalue weighted by molar-refractivity contribution is 0.187. The molecule has 0 unspecified atom stereocenters. The fourth-order valence-corrected chi connectivity index (χ4v) is 3.63. The topological polar surface area (TPSA) is 45.4 Å². The number of hydrogen-bond acceptors (Lipinski definition) is 4. The molecule has 2 heterocycles. The highest BCUT2D eigenvalue weighted by molar-refractivity contribution is 5.45. The number of rotatable bonds is 4. The Bertz CT molecular complexity index is 431. The van der Waals surface area contributed by atoms with Crippen molar-refractivity contribution in [2.75, 3.05) is 31.1 Å². The van der Waals surface area contributed by atoms with Gasteiger partial charge in [0.1, 0.15) is 0 Å². The van der Waals surface area contributed by atoms with E-state index in [9.17, 15) is 0 Å². The van der Waals surface area contributed by atoms with Gasteiger partial charge in [-0.15, -0.1) is 0 Å². The molecule has 2 aliphatic rings. The van der Waals surface area contributed by atoms with E-state index in [4.69, 9.17) is 5.73 Å². The van der Waals surface area contributed by atoms with Crippen molar-refractivity contribution in [1.82, 2.24) is 9.88 Å². The second kappa shape index (κ2) is 6.75. The zero-order valence-corrected chi connectivity index (χ0v) is 13.2. The van der Waals surface area contributed by atoms with Crippen LogP contribution in [0, 0.1) is 0 Å². The smallest absolute Gasteiger partial charge is 0.0572 e. The monoisotopic (exact) mass is 288 g/mol. The molecule has 3 rings (SSSR count). The van der Waals surface area contributed by atoms with Crippen molar-refractivity contribution in [3.8, 4) is 0 Å². The van der Waals surface area contributed by atoms with Crippen LogP contribution in [0.25, 0.3) is 0 Å². The van der Waals surface area contributed by atoms with Gasteiger partial charge >= 0.3 is 0 Å². The van der Waals surface area contributed by atoms with Crippen molar-refractivity contribution in [3.63, 3.8) is 0 Å². The number of anilines is 1. The lowest BCUT2D eigenvalue weighted by atomic mass is 10.1. The summed E-state index contributed by atoms with van der Waals surface area (Å²) in [7, 11) is 0. The minimum absolute atomic E-state index is 0.0678. The van der Waals surface area contributed by atoms with Crippen molar-refractivity contribution >= 4 is 5.69 Å². The van der Waals surface area contributed by atoms with Crippen LogP contribution in [0.3, 0.4) is 0 Å². The van der Waals surface area contributed by atoms with Crippen LogP contribution in [-0.4, -0.2) is 42.1 Å². The first-order valence-electron chi connectivity index (χ1n) is 8.48. The molecule has 0 spiro atoms. The van der Waals surface area contributed by atoms with Gasteiger partial charge in [-0.2, -0.15) is 0 Å². The van der Waals surface area contributed by atoms with E-state index in [2.05, 4.69) is 33.8 Å². The van der Waals surface area contributed by atoms with E-state index >= 15 is 0 Å². The predicted octanol–water partition coefficient (Wildman–Crippen LogP) is 2.56. The molecular formula is C17H28N4. The van der Waals surface area contributed by atoms with Gasteiger partial charge in [0.05, 0.1) is 17.6 Å². The highest BCUT2D eigenvalue weighted by Crippen LogP contribution is 2.25. The van der Waals surface area contributed by atoms with E-state index in [-0.39, 0.29) is 6.04 Å². The molecule has 1 saturated carbocycles. The van der Waals surface area contributed by atoms with Crippen molar-refractivity contribution in [1.29, 1.82) is 0 Å². The van der Waals surface area contributed by atoms with Crippen molar-refractivity contribution < 1.29 is 0 Å². The van der Waals surface area contributed by atoms with Crippen LogP contribution in [0.5, 0.6) is 0 Å². The average Bonchev–Trinajstić information content (AvgIpc) is 3.09. The van der Waals surface area contributed by atoms with Crippen LogP contribution in [0.2, 0.25) is 0 Å². The first-order valence-corrected chi connectivity index (χ1v) is 8.48. The summed E-state index contributed by atoms with van der Waals surface area (Å²) in [5.74, 6) is 0. The van der Waals surface area contributed by atoms with Crippen molar-refractivity contribution in [2.24, 2.45) is 5.73 Å². The molecule has 2 fully saturated rings. The molecule has 1 aliphatic heterocycles. The third-order valence-corrected chi connectivity index (χ3v) is 5.11. The Morgan fingerprint density at radius 1 is 1.19 bits per heavy atom. The Morgan fingerprint density at radius 3 is 2.48 bits per heavy atom. The number of nitrogens with zero attached hydrogens (tertiary/aromatic N) is 3. The number of hydrogen-bond donors (Lipinski definition) is 1. The first-order chi connectivity index (χ1) is 10.3. The SMILES string of the molecule is CC[C@@H](N)c1ccc(N2CCN(C3CCCC3)CC2)cn1. The van der Waals surface area contributed by atoms with Gasteiger partial charge in [-0.05, 0) is 31.4 Å². The lowest BCUT2D eigenvalue weighted by Gasteiger charge is -2.39. The van der Waals surface area contributed by atoms with Gasteiger partial charge in [0.2, 0.25) is 0 Å². The molecule has 1 aromatic heterocycles. The maximum atomic E-state index is 6.03. The molecule has 21 heavy (non-hydrogen) atoms. The van der Waals surface area contributed by atoms with Crippen molar-refractivity contribution in [2.45, 2.75) is 51.1 Å². The van der Waals surface area contributed by atoms with Crippen LogP contribution in [-0.2, 0) is 0 Å². The van der Waals surface area contributed by atoms with Gasteiger partial charge < -0.3 is 10.6 Å². The van der Waals surface area contributed by atoms with Crippen LogP contribution in [0.15, 0.2) is 18.3 Å². The minimum Gasteiger partial charge on any atom is -0.368 e. The Kier molecular flexibility index (Phi) is 4.76. The van der Waals surface area contributed by atoms with Crippen LogP contribution < -0.4 is 10.6 Å². The van der Waals surface area contributed by atoms with E-state index in [0.29, 0.717) is 0 Å². The molecular weight excluding hydrogens is 260 g/mol. The van der Waals surface area contributed by atoms with E-state index in [1.54, 1.807) is 0 Å². The standard InChI is InChI=1S/C17H28N4/c1-2-16(18)17-8-7-15(13-19-17)21-11-9-20(10-12-21)14-5-3-4-6-14/h7-8,13-14,16H,2-6,9-12,18H2,1H3/t16-/m1/s1. The maximum Gasteiger partial charge on any atom is 0.0572 e. The van der Waals surface area contributed by atoms with E-state index in [0.717, 1.165) is 31.2 Å². The molecule has 2 N–H and O–H groups in total. The summed E-state index contributed by atoms with van der Waals surface area (Å²) in [6, 6.07) is 5.20. The lowest BCUT2D eigenvalue weighted by Crippen LogP contribution is -2.49. The largest absolute Gasteiger partial charge is 0.368 e. The Hall–Kier alpha value is -1.13. The molecule has 4 heteroatoms. The predicted molar refractivity (Wildman–Crippen MR) is 87.5 cm³/mol. The molecule has 1 aromatic rings. The quantitative estimate of drug-likeness (QED) is 0.925. The van der Waals surface area contributed by atoms with E-state index in [1.807, 2.05) is 6.20 Å². The summed E-state index contributed by atoms with van der Waals surface area (Å²) in [6.45, 7) is 6.74. The van der Waals surface area contributed by atoms with Crippen LogP contribution in [0.1, 0.15) is 50.8 Å². The fraction of sp³-hybridized carbons (Fsp3) is 0.706.